The van der Waals surface area contributed by atoms with Gasteiger partial charge in [0.15, 0.2) is 9.84 Å². The highest BCUT2D eigenvalue weighted by Crippen LogP contribution is 2.07. The van der Waals surface area contributed by atoms with Crippen molar-refractivity contribution in [3.8, 4) is 0 Å². The predicted octanol–water partition coefficient (Wildman–Crippen LogP) is -0.959. The molecule has 0 amide bonds. The van der Waals surface area contributed by atoms with Gasteiger partial charge in [0.1, 0.15) is 5.84 Å². The zero-order valence-corrected chi connectivity index (χ0v) is 8.47. The van der Waals surface area contributed by atoms with Crippen molar-refractivity contribution in [1.82, 2.24) is 4.90 Å². The minimum Gasteiger partial charge on any atom is -0.386 e. The molecule has 6 heteroatoms. The van der Waals surface area contributed by atoms with Crippen LogP contribution in [-0.2, 0) is 9.84 Å². The summed E-state index contributed by atoms with van der Waals surface area (Å²) in [6.07, 6.45) is 0. The lowest BCUT2D eigenvalue weighted by molar-refractivity contribution is 0.272. The smallest absolute Gasteiger partial charge is 0.152 e. The summed E-state index contributed by atoms with van der Waals surface area (Å²) < 4.78 is 22.2. The van der Waals surface area contributed by atoms with E-state index in [1.54, 1.807) is 0 Å². The number of sulfone groups is 1. The average molecular weight is 205 g/mol. The van der Waals surface area contributed by atoms with Crippen molar-refractivity contribution in [2.24, 2.45) is 5.73 Å². The second-order valence-corrected chi connectivity index (χ2v) is 5.62. The standard InChI is InChI=1S/C7H15N3O2S/c1-6(7(8)9)10-2-4-13(11,12)5-3-10/h6H,2-5H2,1H3,(H3,8,9). The van der Waals surface area contributed by atoms with Crippen LogP contribution in [0.25, 0.3) is 0 Å². The van der Waals surface area contributed by atoms with E-state index in [9.17, 15) is 8.42 Å². The van der Waals surface area contributed by atoms with Crippen LogP contribution in [0.2, 0.25) is 0 Å². The zero-order valence-electron chi connectivity index (χ0n) is 7.66. The fraction of sp³-hybridized carbons (Fsp3) is 0.857. The number of nitrogens with two attached hydrogens (primary N) is 1. The van der Waals surface area contributed by atoms with Gasteiger partial charge in [0.2, 0.25) is 0 Å². The quantitative estimate of drug-likeness (QED) is 0.449. The molecule has 1 unspecified atom stereocenters. The lowest BCUT2D eigenvalue weighted by Gasteiger charge is -2.31. The molecule has 1 aliphatic heterocycles. The van der Waals surface area contributed by atoms with Gasteiger partial charge < -0.3 is 5.73 Å². The fourth-order valence-corrected chi connectivity index (χ4v) is 2.54. The number of amidine groups is 1. The Hall–Kier alpha value is -0.620. The van der Waals surface area contributed by atoms with Gasteiger partial charge >= 0.3 is 0 Å². The number of hydrogen-bond acceptors (Lipinski definition) is 4. The van der Waals surface area contributed by atoms with Gasteiger partial charge in [-0.2, -0.15) is 0 Å². The Morgan fingerprint density at radius 3 is 2.31 bits per heavy atom. The summed E-state index contributed by atoms with van der Waals surface area (Å²) in [7, 11) is -2.83. The molecule has 1 saturated heterocycles. The van der Waals surface area contributed by atoms with E-state index < -0.39 is 9.84 Å². The maximum Gasteiger partial charge on any atom is 0.152 e. The minimum atomic E-state index is -2.83. The van der Waals surface area contributed by atoms with Crippen LogP contribution in [0.1, 0.15) is 6.92 Å². The van der Waals surface area contributed by atoms with E-state index in [1.165, 1.54) is 0 Å². The Kier molecular flexibility index (Phi) is 2.92. The molecule has 0 radical (unpaired) electrons. The van der Waals surface area contributed by atoms with Crippen molar-refractivity contribution in [2.45, 2.75) is 13.0 Å². The first-order chi connectivity index (χ1) is 5.92. The van der Waals surface area contributed by atoms with Crippen molar-refractivity contribution < 1.29 is 8.42 Å². The summed E-state index contributed by atoms with van der Waals surface area (Å²) in [6, 6.07) is -0.143. The molecule has 1 aliphatic rings. The van der Waals surface area contributed by atoms with E-state index in [0.717, 1.165) is 0 Å². The lowest BCUT2D eigenvalue weighted by Crippen LogP contribution is -2.49. The van der Waals surface area contributed by atoms with Gasteiger partial charge in [-0.3, -0.25) is 10.3 Å². The van der Waals surface area contributed by atoms with Crippen molar-refractivity contribution in [3.05, 3.63) is 0 Å². The van der Waals surface area contributed by atoms with Crippen LogP contribution < -0.4 is 5.73 Å². The monoisotopic (exact) mass is 205 g/mol. The second kappa shape index (κ2) is 3.63. The summed E-state index contributed by atoms with van der Waals surface area (Å²) in [4.78, 5) is 1.92. The summed E-state index contributed by atoms with van der Waals surface area (Å²) in [5.74, 6) is 0.467. The molecule has 0 saturated carbocycles. The summed E-state index contributed by atoms with van der Waals surface area (Å²) >= 11 is 0. The largest absolute Gasteiger partial charge is 0.386 e. The van der Waals surface area contributed by atoms with Crippen LogP contribution in [0.5, 0.6) is 0 Å². The van der Waals surface area contributed by atoms with E-state index in [2.05, 4.69) is 0 Å². The van der Waals surface area contributed by atoms with Crippen LogP contribution in [0.15, 0.2) is 0 Å². The van der Waals surface area contributed by atoms with E-state index in [4.69, 9.17) is 11.1 Å². The summed E-state index contributed by atoms with van der Waals surface area (Å²) in [5.41, 5.74) is 5.33. The van der Waals surface area contributed by atoms with Crippen LogP contribution in [-0.4, -0.2) is 49.8 Å². The van der Waals surface area contributed by atoms with Crippen LogP contribution in [0, 0.1) is 5.41 Å². The molecule has 0 aromatic rings. The lowest BCUT2D eigenvalue weighted by atomic mass is 10.2. The van der Waals surface area contributed by atoms with Gasteiger partial charge in [-0.1, -0.05) is 0 Å². The fourth-order valence-electron chi connectivity index (χ4n) is 1.31. The highest BCUT2D eigenvalue weighted by atomic mass is 32.2. The molecule has 1 fully saturated rings. The third kappa shape index (κ3) is 2.67. The van der Waals surface area contributed by atoms with Crippen molar-refractivity contribution in [3.63, 3.8) is 0 Å². The topological polar surface area (TPSA) is 87.2 Å². The third-order valence-corrected chi connectivity index (χ3v) is 3.99. The Morgan fingerprint density at radius 1 is 1.46 bits per heavy atom. The van der Waals surface area contributed by atoms with Gasteiger partial charge in [0, 0.05) is 13.1 Å². The molecule has 1 atom stereocenters. The molecule has 0 spiro atoms. The molecule has 1 heterocycles. The molecule has 1 rings (SSSR count). The molecular formula is C7H15N3O2S. The molecule has 0 aromatic heterocycles. The van der Waals surface area contributed by atoms with Gasteiger partial charge in [-0.05, 0) is 6.92 Å². The summed E-state index contributed by atoms with van der Waals surface area (Å²) in [6.45, 7) is 2.80. The molecule has 76 valence electrons. The third-order valence-electron chi connectivity index (χ3n) is 2.38. The van der Waals surface area contributed by atoms with Crippen LogP contribution in [0.4, 0.5) is 0 Å². The van der Waals surface area contributed by atoms with E-state index in [-0.39, 0.29) is 23.4 Å². The van der Waals surface area contributed by atoms with E-state index >= 15 is 0 Å². The van der Waals surface area contributed by atoms with Crippen LogP contribution >= 0.6 is 0 Å². The number of rotatable bonds is 2. The van der Waals surface area contributed by atoms with Crippen molar-refractivity contribution in [1.29, 1.82) is 5.41 Å². The maximum absolute atomic E-state index is 11.1. The SMILES string of the molecule is CC(C(=N)N)N1CCS(=O)(=O)CC1. The van der Waals surface area contributed by atoms with Crippen molar-refractivity contribution in [2.75, 3.05) is 24.6 Å². The maximum atomic E-state index is 11.1. The van der Waals surface area contributed by atoms with Gasteiger partial charge in [0.25, 0.3) is 0 Å². The van der Waals surface area contributed by atoms with E-state index in [0.29, 0.717) is 13.1 Å². The molecular weight excluding hydrogens is 190 g/mol. The second-order valence-electron chi connectivity index (χ2n) is 3.32. The number of nitrogens with zero attached hydrogens (tertiary/aromatic N) is 1. The molecule has 13 heavy (non-hydrogen) atoms. The molecule has 0 aromatic carbocycles. The Morgan fingerprint density at radius 2 is 1.92 bits per heavy atom. The zero-order chi connectivity index (χ0) is 10.1. The van der Waals surface area contributed by atoms with Crippen molar-refractivity contribution >= 4 is 15.7 Å². The molecule has 3 N–H and O–H groups in total. The average Bonchev–Trinajstić information content (AvgIpc) is 2.03. The normalized spacial score (nSPS) is 25.3. The highest BCUT2D eigenvalue weighted by Gasteiger charge is 2.25. The number of hydrogen-bond donors (Lipinski definition) is 2. The first-order valence-corrected chi connectivity index (χ1v) is 6.03. The highest BCUT2D eigenvalue weighted by molar-refractivity contribution is 7.91. The Labute approximate surface area is 78.3 Å². The summed E-state index contributed by atoms with van der Waals surface area (Å²) in [5, 5.41) is 7.22. The van der Waals surface area contributed by atoms with Gasteiger partial charge in [-0.25, -0.2) is 8.42 Å². The predicted molar refractivity (Wildman–Crippen MR) is 51.6 cm³/mol. The Bertz CT molecular complexity index is 285. The minimum absolute atomic E-state index is 0.0966. The van der Waals surface area contributed by atoms with Crippen LogP contribution in [0.3, 0.4) is 0 Å². The van der Waals surface area contributed by atoms with Gasteiger partial charge in [0.05, 0.1) is 17.5 Å². The molecule has 5 nitrogen and oxygen atoms in total. The first kappa shape index (κ1) is 10.5. The first-order valence-electron chi connectivity index (χ1n) is 4.21. The van der Waals surface area contributed by atoms with E-state index in [1.807, 2.05) is 11.8 Å². The molecule has 0 aliphatic carbocycles. The van der Waals surface area contributed by atoms with Gasteiger partial charge in [-0.15, -0.1) is 0 Å². The molecule has 0 bridgehead atoms. The Balaban J connectivity index is 2.55. The number of nitrogens with one attached hydrogen (secondary N) is 1.